The van der Waals surface area contributed by atoms with E-state index in [2.05, 4.69) is 114 Å². The molecule has 7 aromatic rings. The Labute approximate surface area is 207 Å². The summed E-state index contributed by atoms with van der Waals surface area (Å²) in [5.41, 5.74) is 8.42. The standard InChI is InChI=1S/C31H23N3S/c1-18-14-20(3)28-26(16-18)27-17-19(2)15-25(29(27)35-28)22-8-10-23(11-9-22)30-32-33-31-24-7-5-4-6-21(24)12-13-34(30)31/h4-17H,1-3H3. The summed E-state index contributed by atoms with van der Waals surface area (Å²) in [4.78, 5) is 0. The fourth-order valence-electron chi connectivity index (χ4n) is 5.30. The van der Waals surface area contributed by atoms with E-state index in [0.717, 1.165) is 22.4 Å². The zero-order chi connectivity index (χ0) is 23.7. The predicted octanol–water partition coefficient (Wildman–Crippen LogP) is 8.51. The number of rotatable bonds is 2. The maximum absolute atomic E-state index is 4.54. The monoisotopic (exact) mass is 469 g/mol. The van der Waals surface area contributed by atoms with E-state index < -0.39 is 0 Å². The molecule has 0 amide bonds. The molecule has 0 aliphatic rings. The molecule has 0 aliphatic carbocycles. The van der Waals surface area contributed by atoms with Crippen LogP contribution in [0.25, 0.3) is 59.1 Å². The highest BCUT2D eigenvalue weighted by Gasteiger charge is 2.15. The van der Waals surface area contributed by atoms with Crippen molar-refractivity contribution in [2.24, 2.45) is 0 Å². The number of fused-ring (bicyclic) bond motifs is 6. The quantitative estimate of drug-likeness (QED) is 0.254. The first kappa shape index (κ1) is 20.4. The first-order valence-electron chi connectivity index (χ1n) is 11.8. The van der Waals surface area contributed by atoms with E-state index in [1.807, 2.05) is 17.4 Å². The van der Waals surface area contributed by atoms with Crippen LogP contribution in [0.3, 0.4) is 0 Å². The summed E-state index contributed by atoms with van der Waals surface area (Å²) in [7, 11) is 0. The van der Waals surface area contributed by atoms with Crippen molar-refractivity contribution in [3.05, 3.63) is 102 Å². The van der Waals surface area contributed by atoms with Gasteiger partial charge in [-0.25, -0.2) is 0 Å². The van der Waals surface area contributed by atoms with E-state index in [-0.39, 0.29) is 0 Å². The van der Waals surface area contributed by atoms with E-state index in [4.69, 9.17) is 0 Å². The summed E-state index contributed by atoms with van der Waals surface area (Å²) >= 11 is 1.91. The maximum Gasteiger partial charge on any atom is 0.168 e. The summed E-state index contributed by atoms with van der Waals surface area (Å²) < 4.78 is 4.82. The van der Waals surface area contributed by atoms with Gasteiger partial charge in [0.1, 0.15) is 0 Å². The molecule has 0 fully saturated rings. The maximum atomic E-state index is 4.54. The molecule has 168 valence electrons. The average Bonchev–Trinajstić information content (AvgIpc) is 3.46. The summed E-state index contributed by atoms with van der Waals surface area (Å²) in [6.07, 6.45) is 2.06. The highest BCUT2D eigenvalue weighted by atomic mass is 32.1. The third-order valence-corrected chi connectivity index (χ3v) is 8.29. The van der Waals surface area contributed by atoms with Crippen LogP contribution in [0.1, 0.15) is 16.7 Å². The molecule has 3 aromatic heterocycles. The minimum Gasteiger partial charge on any atom is -0.282 e. The number of pyridine rings is 1. The van der Waals surface area contributed by atoms with Gasteiger partial charge >= 0.3 is 0 Å². The number of hydrogen-bond acceptors (Lipinski definition) is 3. The van der Waals surface area contributed by atoms with Gasteiger partial charge in [0.05, 0.1) is 0 Å². The van der Waals surface area contributed by atoms with Crippen molar-refractivity contribution in [3.63, 3.8) is 0 Å². The first-order chi connectivity index (χ1) is 17.1. The largest absolute Gasteiger partial charge is 0.282 e. The lowest BCUT2D eigenvalue weighted by Crippen LogP contribution is -1.90. The molecular weight excluding hydrogens is 446 g/mol. The minimum atomic E-state index is 0.861. The second kappa shape index (κ2) is 7.49. The fraction of sp³-hybridized carbons (Fsp3) is 0.0968. The van der Waals surface area contributed by atoms with Crippen molar-refractivity contribution < 1.29 is 0 Å². The molecule has 0 radical (unpaired) electrons. The van der Waals surface area contributed by atoms with Gasteiger partial charge in [-0.3, -0.25) is 4.40 Å². The lowest BCUT2D eigenvalue weighted by atomic mass is 9.98. The zero-order valence-electron chi connectivity index (χ0n) is 19.8. The van der Waals surface area contributed by atoms with Gasteiger partial charge in [-0.05, 0) is 72.7 Å². The molecule has 3 nitrogen and oxygen atoms in total. The molecule has 4 aromatic carbocycles. The number of benzene rings is 4. The molecule has 4 heteroatoms. The Bertz CT molecular complexity index is 1920. The Kier molecular flexibility index (Phi) is 4.36. The minimum absolute atomic E-state index is 0.861. The highest BCUT2D eigenvalue weighted by Crippen LogP contribution is 2.42. The van der Waals surface area contributed by atoms with E-state index in [1.54, 1.807) is 0 Å². The van der Waals surface area contributed by atoms with Crippen LogP contribution in [0.5, 0.6) is 0 Å². The molecule has 3 heterocycles. The van der Waals surface area contributed by atoms with Crippen molar-refractivity contribution in [3.8, 4) is 22.5 Å². The average molecular weight is 470 g/mol. The number of thiophene rings is 1. The van der Waals surface area contributed by atoms with Gasteiger partial charge in [0, 0.05) is 37.3 Å². The Morgan fingerprint density at radius 2 is 1.37 bits per heavy atom. The topological polar surface area (TPSA) is 30.2 Å². The molecule has 7 rings (SSSR count). The van der Waals surface area contributed by atoms with Crippen molar-refractivity contribution in [1.82, 2.24) is 14.6 Å². The van der Waals surface area contributed by atoms with E-state index in [0.29, 0.717) is 0 Å². The lowest BCUT2D eigenvalue weighted by molar-refractivity contribution is 1.11. The molecule has 0 unspecified atom stereocenters. The molecule has 0 saturated heterocycles. The molecule has 0 saturated carbocycles. The molecule has 35 heavy (non-hydrogen) atoms. The van der Waals surface area contributed by atoms with Crippen LogP contribution >= 0.6 is 11.3 Å². The molecule has 0 N–H and O–H groups in total. The summed E-state index contributed by atoms with van der Waals surface area (Å²) in [5.74, 6) is 0.861. The van der Waals surface area contributed by atoms with Crippen LogP contribution in [0.2, 0.25) is 0 Å². The Morgan fingerprint density at radius 3 is 2.20 bits per heavy atom. The van der Waals surface area contributed by atoms with Gasteiger partial charge in [-0.15, -0.1) is 21.5 Å². The molecule has 0 aliphatic heterocycles. The molecular formula is C31H23N3S. The number of aryl methyl sites for hydroxylation is 3. The third kappa shape index (κ3) is 3.10. The number of hydrogen-bond donors (Lipinski definition) is 0. The van der Waals surface area contributed by atoms with Gasteiger partial charge < -0.3 is 0 Å². The second-order valence-electron chi connectivity index (χ2n) is 9.45. The normalized spacial score (nSPS) is 11.9. The summed E-state index contributed by atoms with van der Waals surface area (Å²) in [6, 6.07) is 28.4. The molecule has 0 bridgehead atoms. The SMILES string of the molecule is Cc1cc(C)c2sc3c(-c4ccc(-c5nnc6c7ccccc7ccn56)cc4)cc(C)cc3c2c1. The van der Waals surface area contributed by atoms with Gasteiger partial charge in [0.15, 0.2) is 11.5 Å². The van der Waals surface area contributed by atoms with Crippen molar-refractivity contribution in [2.45, 2.75) is 20.8 Å². The highest BCUT2D eigenvalue weighted by molar-refractivity contribution is 7.26. The number of nitrogens with zero attached hydrogens (tertiary/aromatic N) is 3. The fourth-order valence-corrected chi connectivity index (χ4v) is 6.57. The van der Waals surface area contributed by atoms with Crippen LogP contribution in [-0.4, -0.2) is 14.6 Å². The Morgan fingerprint density at radius 1 is 0.657 bits per heavy atom. The number of aromatic nitrogens is 3. The summed E-state index contributed by atoms with van der Waals surface area (Å²) in [6.45, 7) is 6.59. The van der Waals surface area contributed by atoms with Crippen LogP contribution < -0.4 is 0 Å². The predicted molar refractivity (Wildman–Crippen MR) is 148 cm³/mol. The Balaban J connectivity index is 1.38. The van der Waals surface area contributed by atoms with Gasteiger partial charge in [0.2, 0.25) is 0 Å². The van der Waals surface area contributed by atoms with Crippen molar-refractivity contribution >= 4 is 47.9 Å². The smallest absolute Gasteiger partial charge is 0.168 e. The van der Waals surface area contributed by atoms with Gasteiger partial charge in [0.25, 0.3) is 0 Å². The molecule has 0 atom stereocenters. The van der Waals surface area contributed by atoms with Gasteiger partial charge in [-0.1, -0.05) is 60.2 Å². The Hall–Kier alpha value is -4.02. The zero-order valence-corrected chi connectivity index (χ0v) is 20.6. The van der Waals surface area contributed by atoms with Crippen LogP contribution in [-0.2, 0) is 0 Å². The van der Waals surface area contributed by atoms with E-state index in [9.17, 15) is 0 Å². The third-order valence-electron chi connectivity index (χ3n) is 6.90. The van der Waals surface area contributed by atoms with Crippen molar-refractivity contribution in [1.29, 1.82) is 0 Å². The van der Waals surface area contributed by atoms with Crippen LogP contribution in [0.4, 0.5) is 0 Å². The van der Waals surface area contributed by atoms with Crippen molar-refractivity contribution in [2.75, 3.05) is 0 Å². The summed E-state index contributed by atoms with van der Waals surface area (Å²) in [5, 5.41) is 14.1. The van der Waals surface area contributed by atoms with Gasteiger partial charge in [-0.2, -0.15) is 0 Å². The second-order valence-corrected chi connectivity index (χ2v) is 10.5. The van der Waals surface area contributed by atoms with E-state index >= 15 is 0 Å². The van der Waals surface area contributed by atoms with Crippen LogP contribution in [0, 0.1) is 20.8 Å². The first-order valence-corrected chi connectivity index (χ1v) is 12.7. The molecule has 0 spiro atoms. The van der Waals surface area contributed by atoms with E-state index in [1.165, 1.54) is 53.4 Å². The lowest BCUT2D eigenvalue weighted by Gasteiger charge is -2.08. The van der Waals surface area contributed by atoms with Crippen LogP contribution in [0.15, 0.2) is 85.1 Å².